The summed E-state index contributed by atoms with van der Waals surface area (Å²) in [5, 5.41) is 11.5. The lowest BCUT2D eigenvalue weighted by molar-refractivity contribution is 0.591. The SMILES string of the molecule is Cc1nnc2oc(-c3ccccc3)nn2c1=O. The maximum atomic E-state index is 11.7. The number of fused-ring (bicyclic) bond motifs is 1. The van der Waals surface area contributed by atoms with Crippen LogP contribution in [-0.4, -0.2) is 19.8 Å². The van der Waals surface area contributed by atoms with Crippen molar-refractivity contribution >= 4 is 5.84 Å². The zero-order valence-corrected chi connectivity index (χ0v) is 8.99. The predicted molar refractivity (Wildman–Crippen MR) is 59.5 cm³/mol. The van der Waals surface area contributed by atoms with Crippen LogP contribution in [0, 0.1) is 6.92 Å². The Morgan fingerprint density at radius 2 is 1.94 bits per heavy atom. The molecule has 3 rings (SSSR count). The number of rotatable bonds is 1. The van der Waals surface area contributed by atoms with Crippen LogP contribution in [0.5, 0.6) is 0 Å². The Morgan fingerprint density at radius 3 is 2.71 bits per heavy atom. The summed E-state index contributed by atoms with van der Waals surface area (Å²) in [4.78, 5) is 11.7. The van der Waals surface area contributed by atoms with Crippen LogP contribution in [0.2, 0.25) is 0 Å². The maximum absolute atomic E-state index is 11.7. The van der Waals surface area contributed by atoms with Crippen LogP contribution < -0.4 is 5.56 Å². The van der Waals surface area contributed by atoms with E-state index in [1.165, 1.54) is 0 Å². The molecule has 0 radical (unpaired) electrons. The average molecular weight is 228 g/mol. The zero-order valence-electron chi connectivity index (χ0n) is 8.99. The first-order chi connectivity index (χ1) is 8.25. The van der Waals surface area contributed by atoms with Gasteiger partial charge >= 0.3 is 5.84 Å². The largest absolute Gasteiger partial charge is 0.402 e. The van der Waals surface area contributed by atoms with Gasteiger partial charge in [-0.3, -0.25) is 4.79 Å². The standard InChI is InChI=1S/C11H8N4O2/c1-7-10(16)15-11(13-12-7)17-9(14-15)8-5-3-2-4-6-8/h2-6H,1H3. The second kappa shape index (κ2) is 3.51. The van der Waals surface area contributed by atoms with E-state index in [4.69, 9.17) is 4.42 Å². The van der Waals surface area contributed by atoms with Gasteiger partial charge in [0, 0.05) is 5.56 Å². The lowest BCUT2D eigenvalue weighted by Gasteiger charge is -1.90. The molecule has 2 heterocycles. The first kappa shape index (κ1) is 9.71. The summed E-state index contributed by atoms with van der Waals surface area (Å²) >= 11 is 0. The second-order valence-electron chi connectivity index (χ2n) is 3.56. The molecule has 0 bridgehead atoms. The molecule has 0 aliphatic carbocycles. The summed E-state index contributed by atoms with van der Waals surface area (Å²) in [7, 11) is 0. The highest BCUT2D eigenvalue weighted by Crippen LogP contribution is 2.16. The van der Waals surface area contributed by atoms with Crippen LogP contribution in [0.4, 0.5) is 0 Å². The number of benzene rings is 1. The third kappa shape index (κ3) is 1.50. The summed E-state index contributed by atoms with van der Waals surface area (Å²) in [6.07, 6.45) is 0. The minimum atomic E-state index is -0.319. The molecule has 17 heavy (non-hydrogen) atoms. The van der Waals surface area contributed by atoms with Gasteiger partial charge in [0.15, 0.2) is 0 Å². The van der Waals surface area contributed by atoms with Gasteiger partial charge in [0.05, 0.1) is 0 Å². The van der Waals surface area contributed by atoms with Gasteiger partial charge < -0.3 is 4.42 Å². The molecule has 0 aliphatic rings. The Morgan fingerprint density at radius 1 is 1.18 bits per heavy atom. The Kier molecular flexibility index (Phi) is 2.01. The first-order valence-corrected chi connectivity index (χ1v) is 5.04. The molecule has 6 heteroatoms. The molecule has 0 spiro atoms. The van der Waals surface area contributed by atoms with Gasteiger partial charge in [0.2, 0.25) is 5.89 Å². The van der Waals surface area contributed by atoms with Crippen molar-refractivity contribution in [2.24, 2.45) is 0 Å². The second-order valence-corrected chi connectivity index (χ2v) is 3.56. The highest BCUT2D eigenvalue weighted by Gasteiger charge is 2.11. The summed E-state index contributed by atoms with van der Waals surface area (Å²) in [5.41, 5.74) is 0.756. The third-order valence-electron chi connectivity index (χ3n) is 2.37. The van der Waals surface area contributed by atoms with Gasteiger partial charge in [-0.2, -0.15) is 0 Å². The molecule has 0 saturated carbocycles. The summed E-state index contributed by atoms with van der Waals surface area (Å²) in [6.45, 7) is 1.58. The molecule has 6 nitrogen and oxygen atoms in total. The smallest absolute Gasteiger partial charge is 0.347 e. The van der Waals surface area contributed by atoms with Crippen LogP contribution in [0.15, 0.2) is 39.5 Å². The molecule has 0 aliphatic heterocycles. The van der Waals surface area contributed by atoms with Gasteiger partial charge in [0.1, 0.15) is 5.69 Å². The Hall–Kier alpha value is -2.50. The Labute approximate surface area is 95.5 Å². The van der Waals surface area contributed by atoms with Gasteiger partial charge in [-0.1, -0.05) is 23.3 Å². The molecule has 3 aromatic rings. The van der Waals surface area contributed by atoms with Crippen molar-refractivity contribution in [2.75, 3.05) is 0 Å². The van der Waals surface area contributed by atoms with Crippen molar-refractivity contribution in [1.29, 1.82) is 0 Å². The van der Waals surface area contributed by atoms with Crippen molar-refractivity contribution in [3.05, 3.63) is 46.4 Å². The van der Waals surface area contributed by atoms with Crippen LogP contribution >= 0.6 is 0 Å². The lowest BCUT2D eigenvalue weighted by atomic mass is 10.2. The van der Waals surface area contributed by atoms with E-state index >= 15 is 0 Å². The zero-order chi connectivity index (χ0) is 11.8. The molecule has 0 amide bonds. The third-order valence-corrected chi connectivity index (χ3v) is 2.37. The van der Waals surface area contributed by atoms with Crippen LogP contribution in [0.1, 0.15) is 5.69 Å². The van der Waals surface area contributed by atoms with Gasteiger partial charge in [-0.05, 0) is 19.1 Å². The van der Waals surface area contributed by atoms with Crippen LogP contribution in [0.25, 0.3) is 17.3 Å². The highest BCUT2D eigenvalue weighted by molar-refractivity contribution is 5.53. The van der Waals surface area contributed by atoms with E-state index in [-0.39, 0.29) is 17.1 Å². The fourth-order valence-corrected chi connectivity index (χ4v) is 1.49. The minimum absolute atomic E-state index is 0.0967. The Bertz CT molecular complexity index is 730. The van der Waals surface area contributed by atoms with Crippen LogP contribution in [0.3, 0.4) is 0 Å². The number of aryl methyl sites for hydroxylation is 1. The van der Waals surface area contributed by atoms with Crippen molar-refractivity contribution < 1.29 is 4.42 Å². The van der Waals surface area contributed by atoms with E-state index in [1.807, 2.05) is 30.3 Å². The molecule has 0 unspecified atom stereocenters. The van der Waals surface area contributed by atoms with Gasteiger partial charge in [-0.15, -0.1) is 14.7 Å². The summed E-state index contributed by atoms with van der Waals surface area (Å²) < 4.78 is 6.48. The molecule has 0 N–H and O–H groups in total. The van der Waals surface area contributed by atoms with Gasteiger partial charge in [-0.25, -0.2) is 0 Å². The maximum Gasteiger partial charge on any atom is 0.347 e. The van der Waals surface area contributed by atoms with E-state index in [1.54, 1.807) is 6.92 Å². The quantitative estimate of drug-likeness (QED) is 0.622. The highest BCUT2D eigenvalue weighted by atomic mass is 16.4. The summed E-state index contributed by atoms with van der Waals surface area (Å²) in [6, 6.07) is 9.31. The fourth-order valence-electron chi connectivity index (χ4n) is 1.49. The monoisotopic (exact) mass is 228 g/mol. The fraction of sp³-hybridized carbons (Fsp3) is 0.0909. The molecule has 1 aromatic carbocycles. The molecule has 2 aromatic heterocycles. The van der Waals surface area contributed by atoms with E-state index in [0.717, 1.165) is 10.1 Å². The van der Waals surface area contributed by atoms with E-state index in [2.05, 4.69) is 15.3 Å². The van der Waals surface area contributed by atoms with Crippen LogP contribution in [-0.2, 0) is 0 Å². The normalized spacial score (nSPS) is 10.9. The van der Waals surface area contributed by atoms with E-state index < -0.39 is 0 Å². The van der Waals surface area contributed by atoms with E-state index in [9.17, 15) is 4.79 Å². The van der Waals surface area contributed by atoms with Crippen molar-refractivity contribution in [1.82, 2.24) is 19.8 Å². The lowest BCUT2D eigenvalue weighted by Crippen LogP contribution is -2.19. The number of nitrogens with zero attached hydrogens (tertiary/aromatic N) is 4. The average Bonchev–Trinajstić information content (AvgIpc) is 2.80. The topological polar surface area (TPSA) is 73.3 Å². The summed E-state index contributed by atoms with van der Waals surface area (Å²) in [5.74, 6) is 0.446. The molecule has 0 fully saturated rings. The predicted octanol–water partition coefficient (Wildman–Crippen LogP) is 1.05. The number of hydrogen-bond donors (Lipinski definition) is 0. The van der Waals surface area contributed by atoms with Gasteiger partial charge in [0.25, 0.3) is 5.56 Å². The first-order valence-electron chi connectivity index (χ1n) is 5.04. The molecule has 0 saturated heterocycles. The number of hydrogen-bond acceptors (Lipinski definition) is 5. The van der Waals surface area contributed by atoms with Crippen molar-refractivity contribution in [3.8, 4) is 11.5 Å². The van der Waals surface area contributed by atoms with Crippen molar-refractivity contribution in [3.63, 3.8) is 0 Å². The van der Waals surface area contributed by atoms with Crippen molar-refractivity contribution in [2.45, 2.75) is 6.92 Å². The minimum Gasteiger partial charge on any atom is -0.402 e. The number of aromatic nitrogens is 4. The molecule has 0 atom stereocenters. The Balaban J connectivity index is 2.28. The van der Waals surface area contributed by atoms with E-state index in [0.29, 0.717) is 5.89 Å². The molecular formula is C11H8N4O2. The molecule has 84 valence electrons. The molecular weight excluding hydrogens is 220 g/mol.